The number of primary amides is 1. The van der Waals surface area contributed by atoms with Crippen LogP contribution < -0.4 is 5.73 Å². The van der Waals surface area contributed by atoms with Crippen molar-refractivity contribution in [3.63, 3.8) is 0 Å². The van der Waals surface area contributed by atoms with Gasteiger partial charge in [0.25, 0.3) is 0 Å². The molecule has 1 fully saturated rings. The summed E-state index contributed by atoms with van der Waals surface area (Å²) in [6, 6.07) is 12.2. The largest absolute Gasteiger partial charge is 0.369 e. The molecule has 6 nitrogen and oxygen atoms in total. The Balaban J connectivity index is 1.48. The van der Waals surface area contributed by atoms with Crippen LogP contribution in [0.15, 0.2) is 47.8 Å². The van der Waals surface area contributed by atoms with Crippen molar-refractivity contribution in [3.05, 3.63) is 42.7 Å². The van der Waals surface area contributed by atoms with E-state index in [0.717, 1.165) is 38.5 Å². The highest BCUT2D eigenvalue weighted by Gasteiger charge is 2.27. The summed E-state index contributed by atoms with van der Waals surface area (Å²) in [4.78, 5) is 36.6. The number of nitrogens with two attached hydrogens (primary N) is 1. The van der Waals surface area contributed by atoms with Crippen LogP contribution in [-0.4, -0.2) is 45.5 Å². The molecule has 4 rings (SSSR count). The first kappa shape index (κ1) is 18.9. The van der Waals surface area contributed by atoms with Gasteiger partial charge in [0.05, 0.1) is 11.7 Å². The van der Waals surface area contributed by atoms with Crippen molar-refractivity contribution in [2.75, 3.05) is 18.8 Å². The van der Waals surface area contributed by atoms with E-state index in [1.54, 1.807) is 22.6 Å². The minimum Gasteiger partial charge on any atom is -0.369 e. The zero-order chi connectivity index (χ0) is 19.5. The SMILES string of the molecule is NC(=O)C1CCCN(C(=O)CSc2ncnc3sc(-c4ccccc4)cc23)C1. The molecule has 1 aliphatic heterocycles. The summed E-state index contributed by atoms with van der Waals surface area (Å²) in [5.41, 5.74) is 6.55. The fraction of sp³-hybridized carbons (Fsp3) is 0.300. The van der Waals surface area contributed by atoms with E-state index in [4.69, 9.17) is 5.73 Å². The van der Waals surface area contributed by atoms with Crippen LogP contribution in [0.2, 0.25) is 0 Å². The van der Waals surface area contributed by atoms with Crippen molar-refractivity contribution < 1.29 is 9.59 Å². The normalized spacial score (nSPS) is 17.0. The number of thioether (sulfide) groups is 1. The highest BCUT2D eigenvalue weighted by molar-refractivity contribution is 8.00. The molecule has 0 bridgehead atoms. The Morgan fingerprint density at radius 1 is 1.25 bits per heavy atom. The lowest BCUT2D eigenvalue weighted by Crippen LogP contribution is -2.44. The number of nitrogens with zero attached hydrogens (tertiary/aromatic N) is 3. The maximum absolute atomic E-state index is 12.6. The summed E-state index contributed by atoms with van der Waals surface area (Å²) in [7, 11) is 0. The molecule has 1 unspecified atom stereocenters. The van der Waals surface area contributed by atoms with Crippen LogP contribution in [-0.2, 0) is 9.59 Å². The van der Waals surface area contributed by atoms with Gasteiger partial charge >= 0.3 is 0 Å². The number of hydrogen-bond acceptors (Lipinski definition) is 6. The molecular formula is C20H20N4O2S2. The van der Waals surface area contributed by atoms with Gasteiger partial charge in [-0.15, -0.1) is 11.3 Å². The minimum atomic E-state index is -0.325. The van der Waals surface area contributed by atoms with Gasteiger partial charge < -0.3 is 10.6 Å². The number of carbonyl (C=O) groups excluding carboxylic acids is 2. The van der Waals surface area contributed by atoms with Crippen molar-refractivity contribution in [1.29, 1.82) is 0 Å². The van der Waals surface area contributed by atoms with Gasteiger partial charge in [0.1, 0.15) is 16.2 Å². The molecule has 3 heterocycles. The molecule has 0 saturated carbocycles. The summed E-state index contributed by atoms with van der Waals surface area (Å²) in [5.74, 6) is -0.261. The standard InChI is InChI=1S/C20H20N4O2S2/c21-18(26)14-7-4-8-24(10-14)17(25)11-27-19-15-9-16(13-5-2-1-3-6-13)28-20(15)23-12-22-19/h1-3,5-6,9,12,14H,4,7-8,10-11H2,(H2,21,26). The first-order chi connectivity index (χ1) is 13.6. The number of amides is 2. The molecule has 2 aromatic heterocycles. The molecule has 144 valence electrons. The van der Waals surface area contributed by atoms with Crippen LogP contribution >= 0.6 is 23.1 Å². The summed E-state index contributed by atoms with van der Waals surface area (Å²) in [5, 5.41) is 1.78. The molecule has 8 heteroatoms. The van der Waals surface area contributed by atoms with Gasteiger partial charge in [-0.2, -0.15) is 0 Å². The Morgan fingerprint density at radius 2 is 2.07 bits per heavy atom. The quantitative estimate of drug-likeness (QED) is 0.514. The van der Waals surface area contributed by atoms with E-state index in [0.29, 0.717) is 13.1 Å². The number of fused-ring (bicyclic) bond motifs is 1. The van der Waals surface area contributed by atoms with Crippen LogP contribution in [0.4, 0.5) is 0 Å². The monoisotopic (exact) mass is 412 g/mol. The second-order valence-corrected chi connectivity index (χ2v) is 8.74. The predicted molar refractivity (Wildman–Crippen MR) is 112 cm³/mol. The molecular weight excluding hydrogens is 392 g/mol. The van der Waals surface area contributed by atoms with Gasteiger partial charge in [-0.3, -0.25) is 9.59 Å². The van der Waals surface area contributed by atoms with Crippen LogP contribution in [0.5, 0.6) is 0 Å². The van der Waals surface area contributed by atoms with Crippen LogP contribution in [0.3, 0.4) is 0 Å². The van der Waals surface area contributed by atoms with E-state index in [1.807, 2.05) is 18.2 Å². The summed E-state index contributed by atoms with van der Waals surface area (Å²) in [6.45, 7) is 1.10. The van der Waals surface area contributed by atoms with E-state index in [2.05, 4.69) is 28.2 Å². The van der Waals surface area contributed by atoms with Crippen molar-refractivity contribution in [2.24, 2.45) is 11.7 Å². The van der Waals surface area contributed by atoms with Gasteiger partial charge in [-0.05, 0) is 24.5 Å². The maximum Gasteiger partial charge on any atom is 0.233 e. The molecule has 1 aliphatic rings. The lowest BCUT2D eigenvalue weighted by atomic mass is 9.97. The van der Waals surface area contributed by atoms with Gasteiger partial charge in [-0.1, -0.05) is 42.1 Å². The van der Waals surface area contributed by atoms with Crippen molar-refractivity contribution in [3.8, 4) is 10.4 Å². The fourth-order valence-electron chi connectivity index (χ4n) is 3.35. The second kappa shape index (κ2) is 8.28. The highest BCUT2D eigenvalue weighted by Crippen LogP contribution is 2.36. The van der Waals surface area contributed by atoms with E-state index in [1.165, 1.54) is 11.8 Å². The number of carbonyl (C=O) groups is 2. The lowest BCUT2D eigenvalue weighted by molar-refractivity contribution is -0.132. The average Bonchev–Trinajstić information content (AvgIpc) is 3.17. The molecule has 2 N–H and O–H groups in total. The number of aromatic nitrogens is 2. The van der Waals surface area contributed by atoms with Gasteiger partial charge in [0.15, 0.2) is 0 Å². The third-order valence-electron chi connectivity index (χ3n) is 4.86. The van der Waals surface area contributed by atoms with Crippen molar-refractivity contribution in [2.45, 2.75) is 17.9 Å². The number of rotatable bonds is 5. The minimum absolute atomic E-state index is 0.0150. The Bertz CT molecular complexity index is 1010. The Labute approximate surface area is 171 Å². The third kappa shape index (κ3) is 4.02. The zero-order valence-corrected chi connectivity index (χ0v) is 16.8. The molecule has 2 amide bonds. The maximum atomic E-state index is 12.6. The molecule has 0 spiro atoms. The van der Waals surface area contributed by atoms with Crippen LogP contribution in [0.25, 0.3) is 20.7 Å². The van der Waals surface area contributed by atoms with Gasteiger partial charge in [0.2, 0.25) is 11.8 Å². The number of likely N-dealkylation sites (tertiary alicyclic amines) is 1. The fourth-order valence-corrected chi connectivity index (χ4v) is 5.30. The predicted octanol–water partition coefficient (Wildman–Crippen LogP) is 3.17. The number of piperidine rings is 1. The molecule has 28 heavy (non-hydrogen) atoms. The third-order valence-corrected chi connectivity index (χ3v) is 6.94. The molecule has 0 radical (unpaired) electrons. The smallest absolute Gasteiger partial charge is 0.233 e. The van der Waals surface area contributed by atoms with Crippen LogP contribution in [0, 0.1) is 5.92 Å². The topological polar surface area (TPSA) is 89.2 Å². The molecule has 0 aliphatic carbocycles. The molecule has 3 aromatic rings. The first-order valence-corrected chi connectivity index (χ1v) is 10.9. The Morgan fingerprint density at radius 3 is 2.86 bits per heavy atom. The van der Waals surface area contributed by atoms with Gasteiger partial charge in [-0.25, -0.2) is 9.97 Å². The number of benzene rings is 1. The second-order valence-electron chi connectivity index (χ2n) is 6.74. The average molecular weight is 413 g/mol. The summed E-state index contributed by atoms with van der Waals surface area (Å²) >= 11 is 3.04. The zero-order valence-electron chi connectivity index (χ0n) is 15.2. The lowest BCUT2D eigenvalue weighted by Gasteiger charge is -2.31. The highest BCUT2D eigenvalue weighted by atomic mass is 32.2. The van der Waals surface area contributed by atoms with E-state index in [-0.39, 0.29) is 23.5 Å². The van der Waals surface area contributed by atoms with Crippen molar-refractivity contribution in [1.82, 2.24) is 14.9 Å². The summed E-state index contributed by atoms with van der Waals surface area (Å²) < 4.78 is 0. The van der Waals surface area contributed by atoms with E-state index in [9.17, 15) is 9.59 Å². The number of hydrogen-bond donors (Lipinski definition) is 1. The summed E-state index contributed by atoms with van der Waals surface area (Å²) in [6.07, 6.45) is 3.12. The number of thiophene rings is 1. The Kier molecular flexibility index (Phi) is 5.59. The molecule has 1 atom stereocenters. The Hall–Kier alpha value is -2.45. The molecule has 1 saturated heterocycles. The van der Waals surface area contributed by atoms with E-state index >= 15 is 0 Å². The molecule has 1 aromatic carbocycles. The van der Waals surface area contributed by atoms with Crippen molar-refractivity contribution >= 4 is 45.1 Å². The van der Waals surface area contributed by atoms with Gasteiger partial charge in [0, 0.05) is 23.4 Å². The first-order valence-electron chi connectivity index (χ1n) is 9.11. The van der Waals surface area contributed by atoms with E-state index < -0.39 is 0 Å². The van der Waals surface area contributed by atoms with Crippen LogP contribution in [0.1, 0.15) is 12.8 Å².